The van der Waals surface area contributed by atoms with Crippen LogP contribution in [0.3, 0.4) is 0 Å². The van der Waals surface area contributed by atoms with Crippen molar-refractivity contribution in [1.82, 2.24) is 0 Å². The molecule has 0 spiro atoms. The Morgan fingerprint density at radius 2 is 1.67 bits per heavy atom. The molecule has 0 aliphatic rings. The number of ether oxygens (including phenoxy) is 1. The molecule has 0 saturated heterocycles. The van der Waals surface area contributed by atoms with E-state index in [2.05, 4.69) is 31.9 Å². The Labute approximate surface area is 121 Å². The Balaban J connectivity index is 2.36. The fourth-order valence-corrected chi connectivity index (χ4v) is 2.23. The van der Waals surface area contributed by atoms with Gasteiger partial charge in [-0.15, -0.1) is 0 Å². The Morgan fingerprint density at radius 3 is 2.39 bits per heavy atom. The van der Waals surface area contributed by atoms with Crippen molar-refractivity contribution in [1.29, 1.82) is 0 Å². The van der Waals surface area contributed by atoms with Crippen molar-refractivity contribution in [2.24, 2.45) is 5.73 Å². The Morgan fingerprint density at radius 1 is 1.00 bits per heavy atom. The van der Waals surface area contributed by atoms with Crippen LogP contribution >= 0.6 is 31.9 Å². The van der Waals surface area contributed by atoms with Gasteiger partial charge in [0.25, 0.3) is 0 Å². The Hall–Kier alpha value is -0.910. The van der Waals surface area contributed by atoms with Crippen molar-refractivity contribution in [2.45, 2.75) is 6.54 Å². The molecular formula is C13H10Br2FNO. The molecule has 2 nitrogen and oxygen atoms in total. The van der Waals surface area contributed by atoms with Gasteiger partial charge < -0.3 is 10.5 Å². The normalized spacial score (nSPS) is 10.4. The largest absolute Gasteiger partial charge is 0.454 e. The zero-order valence-electron chi connectivity index (χ0n) is 9.29. The van der Waals surface area contributed by atoms with Gasteiger partial charge in [-0.05, 0) is 36.4 Å². The molecule has 2 N–H and O–H groups in total. The zero-order valence-corrected chi connectivity index (χ0v) is 12.5. The van der Waals surface area contributed by atoms with Crippen molar-refractivity contribution in [2.75, 3.05) is 0 Å². The van der Waals surface area contributed by atoms with Gasteiger partial charge in [-0.1, -0.05) is 31.9 Å². The van der Waals surface area contributed by atoms with E-state index < -0.39 is 5.82 Å². The number of nitrogens with two attached hydrogens (primary N) is 1. The van der Waals surface area contributed by atoms with Crippen LogP contribution in [0, 0.1) is 5.82 Å². The van der Waals surface area contributed by atoms with Crippen molar-refractivity contribution in [3.05, 3.63) is 56.7 Å². The molecule has 18 heavy (non-hydrogen) atoms. The summed E-state index contributed by atoms with van der Waals surface area (Å²) in [5.41, 5.74) is 6.45. The molecule has 0 atom stereocenters. The molecule has 2 rings (SSSR count). The average molecular weight is 375 g/mol. The second-order valence-corrected chi connectivity index (χ2v) is 5.46. The van der Waals surface area contributed by atoms with Gasteiger partial charge in [0.15, 0.2) is 11.6 Å². The maximum atomic E-state index is 13.6. The summed E-state index contributed by atoms with van der Waals surface area (Å²) in [5.74, 6) is 0.309. The van der Waals surface area contributed by atoms with Gasteiger partial charge in [-0.25, -0.2) is 4.39 Å². The molecule has 0 aliphatic carbocycles. The molecule has 2 aromatic rings. The molecule has 2 aromatic carbocycles. The lowest BCUT2D eigenvalue weighted by Gasteiger charge is -2.11. The fraction of sp³-hybridized carbons (Fsp3) is 0.0769. The van der Waals surface area contributed by atoms with E-state index in [0.29, 0.717) is 12.3 Å². The predicted molar refractivity (Wildman–Crippen MR) is 76.2 cm³/mol. The minimum absolute atomic E-state index is 0.168. The second kappa shape index (κ2) is 5.82. The number of halogens is 3. The molecule has 0 radical (unpaired) electrons. The highest BCUT2D eigenvalue weighted by Gasteiger charge is 2.09. The van der Waals surface area contributed by atoms with Gasteiger partial charge in [-0.3, -0.25) is 0 Å². The van der Waals surface area contributed by atoms with Crippen molar-refractivity contribution < 1.29 is 9.13 Å². The molecular weight excluding hydrogens is 365 g/mol. The monoisotopic (exact) mass is 373 g/mol. The standard InChI is InChI=1S/C13H10Br2FNO/c14-9-2-4-12(8(5-9)7-17)18-13-6-10(15)1-3-11(13)16/h1-6H,7,17H2. The molecule has 0 bridgehead atoms. The van der Waals surface area contributed by atoms with Crippen molar-refractivity contribution in [3.63, 3.8) is 0 Å². The van der Waals surface area contributed by atoms with E-state index >= 15 is 0 Å². The van der Waals surface area contributed by atoms with E-state index in [-0.39, 0.29) is 5.75 Å². The highest BCUT2D eigenvalue weighted by atomic mass is 79.9. The molecule has 0 heterocycles. The van der Waals surface area contributed by atoms with Crippen LogP contribution in [0.2, 0.25) is 0 Å². The smallest absolute Gasteiger partial charge is 0.165 e. The topological polar surface area (TPSA) is 35.2 Å². The average Bonchev–Trinajstić information content (AvgIpc) is 2.36. The van der Waals surface area contributed by atoms with Crippen LogP contribution in [-0.2, 0) is 6.54 Å². The van der Waals surface area contributed by atoms with Crippen molar-refractivity contribution in [3.8, 4) is 11.5 Å². The lowest BCUT2D eigenvalue weighted by Crippen LogP contribution is -2.00. The minimum Gasteiger partial charge on any atom is -0.454 e. The summed E-state index contributed by atoms with van der Waals surface area (Å²) in [4.78, 5) is 0. The molecule has 0 saturated carbocycles. The highest BCUT2D eigenvalue weighted by molar-refractivity contribution is 9.10. The van der Waals surface area contributed by atoms with E-state index in [9.17, 15) is 4.39 Å². The number of rotatable bonds is 3. The third-order valence-corrected chi connectivity index (χ3v) is 3.34. The summed E-state index contributed by atoms with van der Waals surface area (Å²) in [5, 5.41) is 0. The van der Waals surface area contributed by atoms with Gasteiger partial charge in [0.05, 0.1) is 0 Å². The minimum atomic E-state index is -0.413. The molecule has 94 valence electrons. The van der Waals surface area contributed by atoms with Crippen molar-refractivity contribution >= 4 is 31.9 Å². The van der Waals surface area contributed by atoms with Gasteiger partial charge in [-0.2, -0.15) is 0 Å². The molecule has 0 aliphatic heterocycles. The molecule has 0 unspecified atom stereocenters. The SMILES string of the molecule is NCc1cc(Br)ccc1Oc1cc(Br)ccc1F. The lowest BCUT2D eigenvalue weighted by atomic mass is 10.2. The molecule has 0 aromatic heterocycles. The van der Waals surface area contributed by atoms with Crippen LogP contribution in [0.15, 0.2) is 45.3 Å². The number of hydrogen-bond donors (Lipinski definition) is 1. The summed E-state index contributed by atoms with van der Waals surface area (Å²) in [6, 6.07) is 9.98. The predicted octanol–water partition coefficient (Wildman–Crippen LogP) is 4.60. The molecule has 0 amide bonds. The number of benzene rings is 2. The first-order valence-electron chi connectivity index (χ1n) is 5.21. The summed E-state index contributed by atoms with van der Waals surface area (Å²) < 4.78 is 20.8. The first-order valence-corrected chi connectivity index (χ1v) is 6.80. The highest BCUT2D eigenvalue weighted by Crippen LogP contribution is 2.31. The van der Waals surface area contributed by atoms with E-state index in [1.165, 1.54) is 6.07 Å². The zero-order chi connectivity index (χ0) is 13.1. The molecule has 0 fully saturated rings. The van der Waals surface area contributed by atoms with Crippen LogP contribution in [0.25, 0.3) is 0 Å². The van der Waals surface area contributed by atoms with Gasteiger partial charge >= 0.3 is 0 Å². The van der Waals surface area contributed by atoms with E-state index in [0.717, 1.165) is 14.5 Å². The lowest BCUT2D eigenvalue weighted by molar-refractivity contribution is 0.437. The van der Waals surface area contributed by atoms with Gasteiger partial charge in [0.2, 0.25) is 0 Å². The maximum absolute atomic E-state index is 13.6. The summed E-state index contributed by atoms with van der Waals surface area (Å²) >= 11 is 6.63. The third kappa shape index (κ3) is 3.10. The maximum Gasteiger partial charge on any atom is 0.165 e. The number of hydrogen-bond acceptors (Lipinski definition) is 2. The van der Waals surface area contributed by atoms with Crippen LogP contribution < -0.4 is 10.5 Å². The van der Waals surface area contributed by atoms with E-state index in [4.69, 9.17) is 10.5 Å². The first kappa shape index (κ1) is 13.5. The fourth-order valence-electron chi connectivity index (χ4n) is 1.48. The van der Waals surface area contributed by atoms with E-state index in [1.807, 2.05) is 12.1 Å². The quantitative estimate of drug-likeness (QED) is 0.851. The third-order valence-electron chi connectivity index (χ3n) is 2.36. The Bertz CT molecular complexity index is 575. The first-order chi connectivity index (χ1) is 8.60. The van der Waals surface area contributed by atoms with E-state index in [1.54, 1.807) is 18.2 Å². The summed E-state index contributed by atoms with van der Waals surface area (Å²) in [7, 11) is 0. The van der Waals surface area contributed by atoms with Gasteiger partial charge in [0.1, 0.15) is 5.75 Å². The Kier molecular flexibility index (Phi) is 4.37. The van der Waals surface area contributed by atoms with Gasteiger partial charge in [0, 0.05) is 21.1 Å². The second-order valence-electron chi connectivity index (χ2n) is 3.63. The van der Waals surface area contributed by atoms with Crippen LogP contribution in [0.5, 0.6) is 11.5 Å². The summed E-state index contributed by atoms with van der Waals surface area (Å²) in [6.45, 7) is 0.324. The van der Waals surface area contributed by atoms with Crippen LogP contribution in [-0.4, -0.2) is 0 Å². The van der Waals surface area contributed by atoms with Crippen LogP contribution in [0.4, 0.5) is 4.39 Å². The molecule has 5 heteroatoms. The summed E-state index contributed by atoms with van der Waals surface area (Å²) in [6.07, 6.45) is 0. The van der Waals surface area contributed by atoms with Crippen LogP contribution in [0.1, 0.15) is 5.56 Å².